The Hall–Kier alpha value is -3.43. The van der Waals surface area contributed by atoms with E-state index >= 15 is 0 Å². The van der Waals surface area contributed by atoms with Crippen molar-refractivity contribution in [3.63, 3.8) is 0 Å². The fourth-order valence-corrected chi connectivity index (χ4v) is 6.76. The first kappa shape index (κ1) is 28.1. The lowest BCUT2D eigenvalue weighted by Crippen LogP contribution is -2.23. The van der Waals surface area contributed by atoms with Gasteiger partial charge in [0.05, 0.1) is 25.9 Å². The lowest BCUT2D eigenvalue weighted by molar-refractivity contribution is -0.141. The highest BCUT2D eigenvalue weighted by molar-refractivity contribution is 7.89. The number of carbonyl (C=O) groups excluding carboxylic acids is 1. The zero-order chi connectivity index (χ0) is 28.6. The molecule has 3 aromatic carbocycles. The van der Waals surface area contributed by atoms with Gasteiger partial charge in [0, 0.05) is 23.5 Å². The fraction of sp³-hybridized carbons (Fsp3) is 0.387. The average Bonchev–Trinajstić information content (AvgIpc) is 3.47. The predicted octanol–water partition coefficient (Wildman–Crippen LogP) is 5.23. The van der Waals surface area contributed by atoms with Gasteiger partial charge in [0.1, 0.15) is 23.4 Å². The van der Waals surface area contributed by atoms with E-state index in [1.165, 1.54) is 20.2 Å². The quantitative estimate of drug-likeness (QED) is 0.356. The van der Waals surface area contributed by atoms with Crippen LogP contribution in [0.1, 0.15) is 69.7 Å². The molecule has 0 amide bonds. The van der Waals surface area contributed by atoms with Crippen LogP contribution in [0.5, 0.6) is 11.5 Å². The van der Waals surface area contributed by atoms with Crippen LogP contribution in [-0.2, 0) is 26.0 Å². The number of sulfonamides is 1. The van der Waals surface area contributed by atoms with Crippen LogP contribution in [0, 0.1) is 19.7 Å². The van der Waals surface area contributed by atoms with E-state index in [-0.39, 0.29) is 41.9 Å². The first-order valence-electron chi connectivity index (χ1n) is 13.4. The summed E-state index contributed by atoms with van der Waals surface area (Å²) >= 11 is 0. The monoisotopic (exact) mass is 567 g/mol. The Kier molecular flexibility index (Phi) is 7.88. The van der Waals surface area contributed by atoms with Gasteiger partial charge in [-0.25, -0.2) is 17.5 Å². The zero-order valence-corrected chi connectivity index (χ0v) is 23.9. The second-order valence-electron chi connectivity index (χ2n) is 10.6. The molecular weight excluding hydrogens is 533 g/mol. The standard InChI is InChI=1S/C31H34FNO6S/c1-18-11-20(9-10-40(35,36)33-3)12-19(2)31(18)27-16-29(26-14-22(32)5-7-25(26)27)39-23-6-8-24-21(13-30(34)37-4)17-38-28(24)15-23/h5-8,11-12,14-15,21,27,29,33H,9-10,13,16-17H2,1-4H3/t21-,27-,29-/m1/s1. The minimum absolute atomic E-state index is 0.00538. The molecule has 5 rings (SSSR count). The lowest BCUT2D eigenvalue weighted by Gasteiger charge is -2.20. The Morgan fingerprint density at radius 1 is 1.05 bits per heavy atom. The number of hydrogen-bond donors (Lipinski definition) is 1. The second-order valence-corrected chi connectivity index (χ2v) is 12.6. The fourth-order valence-electron chi connectivity index (χ4n) is 6.06. The van der Waals surface area contributed by atoms with Crippen molar-refractivity contribution in [1.29, 1.82) is 0 Å². The molecule has 212 valence electrons. The Morgan fingerprint density at radius 2 is 1.77 bits per heavy atom. The number of ether oxygens (including phenoxy) is 3. The van der Waals surface area contributed by atoms with Gasteiger partial charge in [-0.1, -0.05) is 24.3 Å². The Morgan fingerprint density at radius 3 is 2.48 bits per heavy atom. The number of hydrogen-bond acceptors (Lipinski definition) is 6. The maximum Gasteiger partial charge on any atom is 0.306 e. The molecule has 40 heavy (non-hydrogen) atoms. The molecule has 0 spiro atoms. The molecule has 0 saturated carbocycles. The molecule has 1 heterocycles. The van der Waals surface area contributed by atoms with Crippen LogP contribution in [-0.4, -0.2) is 40.9 Å². The van der Waals surface area contributed by atoms with Crippen molar-refractivity contribution in [3.05, 3.63) is 93.3 Å². The van der Waals surface area contributed by atoms with E-state index in [9.17, 15) is 17.6 Å². The van der Waals surface area contributed by atoms with Crippen LogP contribution in [0.25, 0.3) is 0 Å². The molecule has 0 radical (unpaired) electrons. The number of rotatable bonds is 9. The van der Waals surface area contributed by atoms with Crippen LogP contribution in [0.15, 0.2) is 48.5 Å². The van der Waals surface area contributed by atoms with Crippen molar-refractivity contribution in [1.82, 2.24) is 4.72 Å². The highest BCUT2D eigenvalue weighted by Gasteiger charge is 2.36. The van der Waals surface area contributed by atoms with Crippen molar-refractivity contribution in [2.75, 3.05) is 26.5 Å². The first-order chi connectivity index (χ1) is 19.1. The highest BCUT2D eigenvalue weighted by atomic mass is 32.2. The minimum Gasteiger partial charge on any atom is -0.492 e. The van der Waals surface area contributed by atoms with Crippen molar-refractivity contribution in [2.24, 2.45) is 0 Å². The predicted molar refractivity (Wildman–Crippen MR) is 150 cm³/mol. The Balaban J connectivity index is 1.40. The molecule has 0 saturated heterocycles. The molecule has 2 aliphatic rings. The molecule has 7 nitrogen and oxygen atoms in total. The van der Waals surface area contributed by atoms with Gasteiger partial charge in [-0.15, -0.1) is 0 Å². The lowest BCUT2D eigenvalue weighted by atomic mass is 9.85. The largest absolute Gasteiger partial charge is 0.492 e. The summed E-state index contributed by atoms with van der Waals surface area (Å²) in [7, 11) is -0.498. The zero-order valence-electron chi connectivity index (χ0n) is 23.1. The van der Waals surface area contributed by atoms with Crippen LogP contribution in [0.2, 0.25) is 0 Å². The number of halogens is 1. The summed E-state index contributed by atoms with van der Waals surface area (Å²) in [5, 5.41) is 0. The van der Waals surface area contributed by atoms with E-state index in [1.807, 2.05) is 50.2 Å². The number of carbonyl (C=O) groups is 1. The number of aryl methyl sites for hydroxylation is 3. The Labute approximate surface area is 234 Å². The normalized spacial score (nSPS) is 19.6. The average molecular weight is 568 g/mol. The molecule has 1 N–H and O–H groups in total. The smallest absolute Gasteiger partial charge is 0.306 e. The molecular formula is C31H34FNO6S. The molecule has 0 fully saturated rings. The van der Waals surface area contributed by atoms with E-state index in [2.05, 4.69) is 4.72 Å². The van der Waals surface area contributed by atoms with Crippen LogP contribution >= 0.6 is 0 Å². The molecule has 0 aromatic heterocycles. The van der Waals surface area contributed by atoms with E-state index in [4.69, 9.17) is 14.2 Å². The molecule has 0 unspecified atom stereocenters. The van der Waals surface area contributed by atoms with Crippen LogP contribution in [0.4, 0.5) is 4.39 Å². The number of methoxy groups -OCH3 is 1. The van der Waals surface area contributed by atoms with E-state index < -0.39 is 10.0 Å². The van der Waals surface area contributed by atoms with Gasteiger partial charge in [0.25, 0.3) is 0 Å². The van der Waals surface area contributed by atoms with Crippen LogP contribution < -0.4 is 14.2 Å². The van der Waals surface area contributed by atoms with E-state index in [0.717, 1.165) is 38.9 Å². The van der Waals surface area contributed by atoms with Gasteiger partial charge in [-0.3, -0.25) is 4.79 Å². The third-order valence-corrected chi connectivity index (χ3v) is 9.34. The van der Waals surface area contributed by atoms with E-state index in [0.29, 0.717) is 30.9 Å². The van der Waals surface area contributed by atoms with E-state index in [1.54, 1.807) is 6.07 Å². The first-order valence-corrected chi connectivity index (χ1v) is 15.0. The SMILES string of the molecule is CNS(=O)(=O)CCc1cc(C)c([C@@H]2C[C@@H](Oc3ccc4c(c3)OC[C@H]4CC(=O)OC)c3cc(F)ccc32)c(C)c1. The van der Waals surface area contributed by atoms with Crippen LogP contribution in [0.3, 0.4) is 0 Å². The van der Waals surface area contributed by atoms with Gasteiger partial charge in [-0.05, 0) is 85.3 Å². The second kappa shape index (κ2) is 11.2. The summed E-state index contributed by atoms with van der Waals surface area (Å²) in [4.78, 5) is 11.8. The van der Waals surface area contributed by atoms with Gasteiger partial charge in [0.2, 0.25) is 10.0 Å². The summed E-state index contributed by atoms with van der Waals surface area (Å²) in [6.07, 6.45) is 0.949. The molecule has 0 bridgehead atoms. The molecule has 1 aliphatic carbocycles. The van der Waals surface area contributed by atoms with Gasteiger partial charge in [-0.2, -0.15) is 0 Å². The maximum atomic E-state index is 14.4. The van der Waals surface area contributed by atoms with Crippen molar-refractivity contribution in [3.8, 4) is 11.5 Å². The van der Waals surface area contributed by atoms with Gasteiger partial charge in [0.15, 0.2) is 0 Å². The third-order valence-electron chi connectivity index (χ3n) is 7.98. The molecule has 1 aliphatic heterocycles. The molecule has 3 aromatic rings. The van der Waals surface area contributed by atoms with Crippen molar-refractivity contribution < 1.29 is 31.8 Å². The summed E-state index contributed by atoms with van der Waals surface area (Å²) in [5.41, 5.74) is 7.05. The molecule has 3 atom stereocenters. The van der Waals surface area contributed by atoms with Gasteiger partial charge >= 0.3 is 5.97 Å². The number of benzene rings is 3. The van der Waals surface area contributed by atoms with Crippen molar-refractivity contribution >= 4 is 16.0 Å². The Bertz CT molecular complexity index is 1530. The summed E-state index contributed by atoms with van der Waals surface area (Å²) < 4.78 is 57.7. The molecule has 9 heteroatoms. The summed E-state index contributed by atoms with van der Waals surface area (Å²) in [5.74, 6) is 0.678. The third kappa shape index (κ3) is 5.71. The highest BCUT2D eigenvalue weighted by Crippen LogP contribution is 2.49. The topological polar surface area (TPSA) is 90.9 Å². The number of fused-ring (bicyclic) bond motifs is 2. The maximum absolute atomic E-state index is 14.4. The van der Waals surface area contributed by atoms with Gasteiger partial charge < -0.3 is 14.2 Å². The summed E-state index contributed by atoms with van der Waals surface area (Å²) in [6, 6.07) is 14.6. The van der Waals surface area contributed by atoms with Crippen molar-refractivity contribution in [2.45, 2.75) is 51.0 Å². The number of esters is 1. The number of nitrogens with one attached hydrogen (secondary N) is 1. The minimum atomic E-state index is -3.30. The summed E-state index contributed by atoms with van der Waals surface area (Å²) in [6.45, 7) is 4.49.